The summed E-state index contributed by atoms with van der Waals surface area (Å²) in [5, 5.41) is 13.1. The fraction of sp³-hybridized carbons (Fsp3) is 0.600. The molecule has 0 saturated carbocycles. The van der Waals surface area contributed by atoms with Gasteiger partial charge < -0.3 is 15.5 Å². The summed E-state index contributed by atoms with van der Waals surface area (Å²) in [5.74, 6) is -1.60. The van der Waals surface area contributed by atoms with E-state index in [9.17, 15) is 14.4 Å². The van der Waals surface area contributed by atoms with E-state index in [1.165, 1.54) is 11.8 Å². The zero-order chi connectivity index (χ0) is 12.8. The third-order valence-electron chi connectivity index (χ3n) is 2.41. The van der Waals surface area contributed by atoms with E-state index < -0.39 is 11.8 Å². The smallest absolute Gasteiger partial charge is 0.311 e. The summed E-state index contributed by atoms with van der Waals surface area (Å²) >= 11 is 0. The number of hydrogen-bond donors (Lipinski definition) is 2. The Balaban J connectivity index is 2.42. The van der Waals surface area contributed by atoms with E-state index in [2.05, 4.69) is 10.6 Å². The van der Waals surface area contributed by atoms with Crippen LogP contribution in [0, 0.1) is 11.3 Å². The van der Waals surface area contributed by atoms with Crippen molar-refractivity contribution >= 4 is 17.7 Å². The van der Waals surface area contributed by atoms with E-state index in [0.29, 0.717) is 19.5 Å². The van der Waals surface area contributed by atoms with Crippen LogP contribution in [0.5, 0.6) is 0 Å². The second-order valence-corrected chi connectivity index (χ2v) is 3.78. The van der Waals surface area contributed by atoms with E-state index >= 15 is 0 Å². The Morgan fingerprint density at radius 2 is 2.18 bits per heavy atom. The summed E-state index contributed by atoms with van der Waals surface area (Å²) in [7, 11) is 0. The molecule has 3 amide bonds. The molecule has 0 aromatic carbocycles. The second kappa shape index (κ2) is 5.84. The molecule has 1 unspecified atom stereocenters. The maximum absolute atomic E-state index is 11.6. The van der Waals surface area contributed by atoms with E-state index in [1.54, 1.807) is 6.07 Å². The van der Waals surface area contributed by atoms with Crippen LogP contribution in [0.15, 0.2) is 0 Å². The molecular weight excluding hydrogens is 224 g/mol. The third kappa shape index (κ3) is 3.75. The molecule has 1 fully saturated rings. The molecule has 1 heterocycles. The molecule has 1 saturated heterocycles. The van der Waals surface area contributed by atoms with Gasteiger partial charge in [0.25, 0.3) is 0 Å². The van der Waals surface area contributed by atoms with Crippen LogP contribution in [0.25, 0.3) is 0 Å². The molecule has 7 nitrogen and oxygen atoms in total. The zero-order valence-electron chi connectivity index (χ0n) is 9.52. The minimum absolute atomic E-state index is 0.0970. The normalized spacial score (nSPS) is 18.4. The lowest BCUT2D eigenvalue weighted by Gasteiger charge is -2.15. The molecule has 1 aliphatic rings. The van der Waals surface area contributed by atoms with Gasteiger partial charge >= 0.3 is 11.8 Å². The molecule has 0 aromatic rings. The molecule has 1 atom stereocenters. The standard InChI is InChI=1S/C10H14N4O3/c1-7(15)13-8-2-5-14(6-8)10(17)9(16)12-4-3-11/h8H,2,4-6H2,1H3,(H,12,16)(H,13,15). The monoisotopic (exact) mass is 238 g/mol. The van der Waals surface area contributed by atoms with Crippen molar-refractivity contribution in [2.24, 2.45) is 0 Å². The average Bonchev–Trinajstić information content (AvgIpc) is 2.72. The number of nitrogens with one attached hydrogen (secondary N) is 2. The number of amides is 3. The fourth-order valence-electron chi connectivity index (χ4n) is 1.69. The van der Waals surface area contributed by atoms with Gasteiger partial charge in [0, 0.05) is 26.1 Å². The van der Waals surface area contributed by atoms with Crippen molar-refractivity contribution < 1.29 is 14.4 Å². The number of rotatable bonds is 2. The van der Waals surface area contributed by atoms with Crippen molar-refractivity contribution in [3.63, 3.8) is 0 Å². The van der Waals surface area contributed by atoms with E-state index in [-0.39, 0.29) is 18.5 Å². The minimum Gasteiger partial charge on any atom is -0.352 e. The first-order chi connectivity index (χ1) is 8.04. The van der Waals surface area contributed by atoms with Crippen LogP contribution in [0.2, 0.25) is 0 Å². The number of nitriles is 1. The molecule has 7 heteroatoms. The summed E-state index contributed by atoms with van der Waals surface area (Å²) in [5.41, 5.74) is 0. The predicted octanol–water partition coefficient (Wildman–Crippen LogP) is -1.64. The van der Waals surface area contributed by atoms with Gasteiger partial charge in [0.1, 0.15) is 6.54 Å². The Kier molecular flexibility index (Phi) is 4.46. The summed E-state index contributed by atoms with van der Waals surface area (Å²) in [6, 6.07) is 1.62. The Hall–Kier alpha value is -2.10. The minimum atomic E-state index is -0.782. The van der Waals surface area contributed by atoms with Gasteiger partial charge in [-0.3, -0.25) is 14.4 Å². The van der Waals surface area contributed by atoms with Gasteiger partial charge in [0.2, 0.25) is 5.91 Å². The Labute approximate surface area is 98.8 Å². The highest BCUT2D eigenvalue weighted by atomic mass is 16.2. The Morgan fingerprint density at radius 1 is 1.47 bits per heavy atom. The van der Waals surface area contributed by atoms with Gasteiger partial charge in [0.15, 0.2) is 0 Å². The summed E-state index contributed by atoms with van der Waals surface area (Å²) in [6.45, 7) is 1.99. The first-order valence-electron chi connectivity index (χ1n) is 5.25. The number of carbonyl (C=O) groups excluding carboxylic acids is 3. The SMILES string of the molecule is CC(=O)NC1CCN(C(=O)C(=O)NCC#N)C1. The van der Waals surface area contributed by atoms with E-state index in [0.717, 1.165) is 0 Å². The molecule has 92 valence electrons. The molecular formula is C10H14N4O3. The van der Waals surface area contributed by atoms with Crippen LogP contribution in [0.1, 0.15) is 13.3 Å². The van der Waals surface area contributed by atoms with Crippen molar-refractivity contribution in [3.05, 3.63) is 0 Å². The molecule has 0 aliphatic carbocycles. The maximum atomic E-state index is 11.6. The van der Waals surface area contributed by atoms with Crippen LogP contribution < -0.4 is 10.6 Å². The molecule has 1 rings (SSSR count). The van der Waals surface area contributed by atoms with Crippen LogP contribution in [0.3, 0.4) is 0 Å². The number of nitrogens with zero attached hydrogens (tertiary/aromatic N) is 2. The van der Waals surface area contributed by atoms with Crippen molar-refractivity contribution in [2.75, 3.05) is 19.6 Å². The summed E-state index contributed by atoms with van der Waals surface area (Å²) in [6.07, 6.45) is 0.636. The topological polar surface area (TPSA) is 102 Å². The van der Waals surface area contributed by atoms with Crippen LogP contribution in [0.4, 0.5) is 0 Å². The summed E-state index contributed by atoms with van der Waals surface area (Å²) < 4.78 is 0. The number of likely N-dealkylation sites (tertiary alicyclic amines) is 1. The molecule has 0 bridgehead atoms. The van der Waals surface area contributed by atoms with Gasteiger partial charge in [-0.1, -0.05) is 0 Å². The van der Waals surface area contributed by atoms with Gasteiger partial charge in [-0.2, -0.15) is 5.26 Å². The van der Waals surface area contributed by atoms with Crippen molar-refractivity contribution in [1.82, 2.24) is 15.5 Å². The van der Waals surface area contributed by atoms with Crippen molar-refractivity contribution in [2.45, 2.75) is 19.4 Å². The number of hydrogen-bond acceptors (Lipinski definition) is 4. The lowest BCUT2D eigenvalue weighted by Crippen LogP contribution is -2.44. The average molecular weight is 238 g/mol. The zero-order valence-corrected chi connectivity index (χ0v) is 9.52. The maximum Gasteiger partial charge on any atom is 0.311 e. The highest BCUT2D eigenvalue weighted by Gasteiger charge is 2.30. The lowest BCUT2D eigenvalue weighted by atomic mass is 10.3. The molecule has 0 spiro atoms. The largest absolute Gasteiger partial charge is 0.352 e. The highest BCUT2D eigenvalue weighted by Crippen LogP contribution is 2.09. The Bertz CT molecular complexity index is 374. The third-order valence-corrected chi connectivity index (χ3v) is 2.41. The van der Waals surface area contributed by atoms with Crippen LogP contribution in [-0.2, 0) is 14.4 Å². The number of carbonyl (C=O) groups is 3. The van der Waals surface area contributed by atoms with Crippen LogP contribution in [-0.4, -0.2) is 48.3 Å². The quantitative estimate of drug-likeness (QED) is 0.445. The summed E-state index contributed by atoms with van der Waals surface area (Å²) in [4.78, 5) is 35.0. The molecule has 1 aliphatic heterocycles. The molecule has 0 aromatic heterocycles. The van der Waals surface area contributed by atoms with E-state index in [4.69, 9.17) is 5.26 Å². The highest BCUT2D eigenvalue weighted by molar-refractivity contribution is 6.35. The molecule has 0 radical (unpaired) electrons. The lowest BCUT2D eigenvalue weighted by molar-refractivity contribution is -0.145. The van der Waals surface area contributed by atoms with Crippen LogP contribution >= 0.6 is 0 Å². The molecule has 2 N–H and O–H groups in total. The van der Waals surface area contributed by atoms with Gasteiger partial charge in [0.05, 0.1) is 6.07 Å². The van der Waals surface area contributed by atoms with Gasteiger partial charge in [-0.05, 0) is 6.42 Å². The second-order valence-electron chi connectivity index (χ2n) is 3.78. The fourth-order valence-corrected chi connectivity index (χ4v) is 1.69. The Morgan fingerprint density at radius 3 is 2.76 bits per heavy atom. The first-order valence-corrected chi connectivity index (χ1v) is 5.25. The van der Waals surface area contributed by atoms with E-state index in [1.807, 2.05) is 0 Å². The van der Waals surface area contributed by atoms with Gasteiger partial charge in [-0.25, -0.2) is 0 Å². The first kappa shape index (κ1) is 13.0. The predicted molar refractivity (Wildman–Crippen MR) is 57.4 cm³/mol. The van der Waals surface area contributed by atoms with Gasteiger partial charge in [-0.15, -0.1) is 0 Å². The van der Waals surface area contributed by atoms with Crippen molar-refractivity contribution in [3.8, 4) is 6.07 Å². The van der Waals surface area contributed by atoms with Crippen molar-refractivity contribution in [1.29, 1.82) is 5.26 Å². The molecule has 17 heavy (non-hydrogen) atoms.